The molecule has 0 fully saturated rings. The minimum atomic E-state index is -0.366. The van der Waals surface area contributed by atoms with Gasteiger partial charge in [0.05, 0.1) is 13.3 Å². The zero-order valence-electron chi connectivity index (χ0n) is 20.0. The second kappa shape index (κ2) is 10.6. The number of ether oxygens (including phenoxy) is 2. The molecule has 35 heavy (non-hydrogen) atoms. The van der Waals surface area contributed by atoms with Crippen molar-refractivity contribution in [1.82, 2.24) is 9.78 Å². The lowest BCUT2D eigenvalue weighted by Crippen LogP contribution is -2.21. The van der Waals surface area contributed by atoms with Gasteiger partial charge in [0.2, 0.25) is 0 Å². The minimum absolute atomic E-state index is 0.0591. The van der Waals surface area contributed by atoms with E-state index in [1.165, 1.54) is 34.9 Å². The Morgan fingerprint density at radius 2 is 1.69 bits per heavy atom. The molecule has 0 saturated carbocycles. The fraction of sp³-hybridized carbons (Fsp3) is 0.267. The lowest BCUT2D eigenvalue weighted by Gasteiger charge is -2.26. The third kappa shape index (κ3) is 5.29. The van der Waals surface area contributed by atoms with Gasteiger partial charge in [0.25, 0.3) is 0 Å². The molecule has 0 aliphatic heterocycles. The lowest BCUT2D eigenvalue weighted by atomic mass is 9.83. The maximum Gasteiger partial charge on any atom is 0.343 e. The zero-order chi connectivity index (χ0) is 24.0. The number of aromatic nitrogens is 2. The van der Waals surface area contributed by atoms with Gasteiger partial charge in [-0.2, -0.15) is 5.10 Å². The maximum atomic E-state index is 11.5. The van der Waals surface area contributed by atoms with Crippen molar-refractivity contribution in [1.29, 1.82) is 0 Å². The molecule has 1 aliphatic carbocycles. The number of carbonyl (C=O) groups excluding carboxylic acids is 1. The molecule has 1 aromatic heterocycles. The largest absolute Gasteiger partial charge is 0.482 e. The first-order chi connectivity index (χ1) is 17.2. The van der Waals surface area contributed by atoms with E-state index < -0.39 is 0 Å². The van der Waals surface area contributed by atoms with E-state index in [0.717, 1.165) is 31.6 Å². The molecule has 0 spiro atoms. The summed E-state index contributed by atoms with van der Waals surface area (Å²) in [7, 11) is 1.37. The third-order valence-electron chi connectivity index (χ3n) is 6.81. The third-order valence-corrected chi connectivity index (χ3v) is 6.81. The second-order valence-corrected chi connectivity index (χ2v) is 9.12. The molecule has 5 nitrogen and oxygen atoms in total. The standard InChI is InChI=1S/C30H30N2O3/c1-34-29(33)21-35-28-14-8-13-25-17-22(15-16-27(25)28)19-32-20-26(18-31-32)30(23-9-4-2-5-10-23)24-11-6-3-7-12-24/h2-14,18,20,22,30H,15-17,19,21H2,1H3. The predicted molar refractivity (Wildman–Crippen MR) is 136 cm³/mol. The van der Waals surface area contributed by atoms with Gasteiger partial charge in [-0.3, -0.25) is 4.68 Å². The SMILES string of the molecule is COC(=O)COc1cccc2c1CCC(Cn1cc(C(c3ccccc3)c3ccccc3)cn1)C2. The van der Waals surface area contributed by atoms with Crippen molar-refractivity contribution < 1.29 is 14.3 Å². The van der Waals surface area contributed by atoms with Crippen LogP contribution in [0.5, 0.6) is 5.75 Å². The molecule has 1 unspecified atom stereocenters. The van der Waals surface area contributed by atoms with E-state index in [9.17, 15) is 4.79 Å². The lowest BCUT2D eigenvalue weighted by molar-refractivity contribution is -0.142. The molecule has 5 heteroatoms. The topological polar surface area (TPSA) is 53.4 Å². The van der Waals surface area contributed by atoms with Gasteiger partial charge in [-0.15, -0.1) is 0 Å². The molecule has 0 bridgehead atoms. The van der Waals surface area contributed by atoms with Crippen molar-refractivity contribution in [3.05, 3.63) is 119 Å². The Morgan fingerprint density at radius 1 is 0.971 bits per heavy atom. The van der Waals surface area contributed by atoms with Crippen LogP contribution in [0.15, 0.2) is 91.3 Å². The van der Waals surface area contributed by atoms with Gasteiger partial charge in [0, 0.05) is 24.2 Å². The summed E-state index contributed by atoms with van der Waals surface area (Å²) in [5.74, 6) is 1.09. The van der Waals surface area contributed by atoms with E-state index in [2.05, 4.69) is 77.6 Å². The van der Waals surface area contributed by atoms with Crippen molar-refractivity contribution in [2.75, 3.05) is 13.7 Å². The smallest absolute Gasteiger partial charge is 0.343 e. The highest BCUT2D eigenvalue weighted by molar-refractivity contribution is 5.71. The molecule has 1 heterocycles. The Hall–Kier alpha value is -3.86. The number of nitrogens with zero attached hydrogens (tertiary/aromatic N) is 2. The normalized spacial score (nSPS) is 15.0. The number of methoxy groups -OCH3 is 1. The van der Waals surface area contributed by atoms with Crippen LogP contribution in [0.1, 0.15) is 40.2 Å². The van der Waals surface area contributed by atoms with Gasteiger partial charge in [-0.05, 0) is 53.5 Å². The number of fused-ring (bicyclic) bond motifs is 1. The number of carbonyl (C=O) groups is 1. The monoisotopic (exact) mass is 466 g/mol. The van der Waals surface area contributed by atoms with Crippen LogP contribution in [0, 0.1) is 5.92 Å². The Bertz CT molecular complexity index is 1230. The summed E-state index contributed by atoms with van der Waals surface area (Å²) in [6.45, 7) is 0.819. The van der Waals surface area contributed by atoms with Crippen LogP contribution in [-0.2, 0) is 28.9 Å². The summed E-state index contributed by atoms with van der Waals surface area (Å²) in [5, 5.41) is 4.75. The van der Waals surface area contributed by atoms with Crippen LogP contribution < -0.4 is 4.74 Å². The van der Waals surface area contributed by atoms with Gasteiger partial charge in [0.1, 0.15) is 5.75 Å². The van der Waals surface area contributed by atoms with E-state index in [1.54, 1.807) is 0 Å². The Kier molecular flexibility index (Phi) is 6.94. The average Bonchev–Trinajstić information content (AvgIpc) is 3.36. The van der Waals surface area contributed by atoms with Crippen LogP contribution >= 0.6 is 0 Å². The van der Waals surface area contributed by atoms with E-state index in [1.807, 2.05) is 18.3 Å². The number of esters is 1. The Labute approximate surface area is 206 Å². The first-order valence-corrected chi connectivity index (χ1v) is 12.1. The minimum Gasteiger partial charge on any atom is -0.482 e. The Balaban J connectivity index is 1.31. The number of benzene rings is 3. The van der Waals surface area contributed by atoms with Gasteiger partial charge < -0.3 is 9.47 Å². The predicted octanol–water partition coefficient (Wildman–Crippen LogP) is 5.42. The van der Waals surface area contributed by atoms with Gasteiger partial charge in [0.15, 0.2) is 6.61 Å². The summed E-state index contributed by atoms with van der Waals surface area (Å²) < 4.78 is 12.5. The van der Waals surface area contributed by atoms with Gasteiger partial charge >= 0.3 is 5.97 Å². The molecule has 4 aromatic rings. The van der Waals surface area contributed by atoms with Crippen LogP contribution in [-0.4, -0.2) is 29.5 Å². The van der Waals surface area contributed by atoms with E-state index in [4.69, 9.17) is 14.6 Å². The van der Waals surface area contributed by atoms with E-state index in [-0.39, 0.29) is 18.5 Å². The summed E-state index contributed by atoms with van der Waals surface area (Å²) in [6, 6.07) is 27.4. The molecular weight excluding hydrogens is 436 g/mol. The molecule has 178 valence electrons. The first-order valence-electron chi connectivity index (χ1n) is 12.1. The van der Waals surface area contributed by atoms with Crippen molar-refractivity contribution in [2.45, 2.75) is 31.7 Å². The molecule has 0 amide bonds. The summed E-state index contributed by atoms with van der Waals surface area (Å²) in [5.41, 5.74) is 6.25. The molecule has 0 saturated heterocycles. The van der Waals surface area contributed by atoms with Crippen molar-refractivity contribution in [3.63, 3.8) is 0 Å². The molecule has 0 N–H and O–H groups in total. The average molecular weight is 467 g/mol. The van der Waals surface area contributed by atoms with Crippen LogP contribution in [0.25, 0.3) is 0 Å². The van der Waals surface area contributed by atoms with Crippen LogP contribution in [0.2, 0.25) is 0 Å². The van der Waals surface area contributed by atoms with Gasteiger partial charge in [-0.1, -0.05) is 72.8 Å². The highest BCUT2D eigenvalue weighted by Gasteiger charge is 2.23. The first kappa shape index (κ1) is 22.9. The molecule has 1 atom stereocenters. The summed E-state index contributed by atoms with van der Waals surface area (Å²) >= 11 is 0. The van der Waals surface area contributed by atoms with E-state index in [0.29, 0.717) is 5.92 Å². The second-order valence-electron chi connectivity index (χ2n) is 9.12. The molecule has 1 aliphatic rings. The molecule has 3 aromatic carbocycles. The summed E-state index contributed by atoms with van der Waals surface area (Å²) in [4.78, 5) is 11.5. The number of hydrogen-bond donors (Lipinski definition) is 0. The Morgan fingerprint density at radius 3 is 2.37 bits per heavy atom. The highest BCUT2D eigenvalue weighted by Crippen LogP contribution is 2.34. The fourth-order valence-corrected chi connectivity index (χ4v) is 5.10. The molecule has 5 rings (SSSR count). The van der Waals surface area contributed by atoms with E-state index >= 15 is 0 Å². The zero-order valence-corrected chi connectivity index (χ0v) is 20.0. The number of hydrogen-bond acceptors (Lipinski definition) is 4. The highest BCUT2D eigenvalue weighted by atomic mass is 16.6. The van der Waals surface area contributed by atoms with Crippen molar-refractivity contribution in [2.24, 2.45) is 5.92 Å². The quantitative estimate of drug-likeness (QED) is 0.326. The van der Waals surface area contributed by atoms with Crippen molar-refractivity contribution in [3.8, 4) is 5.75 Å². The van der Waals surface area contributed by atoms with Crippen LogP contribution in [0.3, 0.4) is 0 Å². The van der Waals surface area contributed by atoms with Crippen LogP contribution in [0.4, 0.5) is 0 Å². The molecule has 0 radical (unpaired) electrons. The fourth-order valence-electron chi connectivity index (χ4n) is 5.10. The summed E-state index contributed by atoms with van der Waals surface area (Å²) in [6.07, 6.45) is 7.18. The molecular formula is C30H30N2O3. The van der Waals surface area contributed by atoms with Gasteiger partial charge in [-0.25, -0.2) is 4.79 Å². The number of rotatable bonds is 8. The maximum absolute atomic E-state index is 11.5. The van der Waals surface area contributed by atoms with Crippen molar-refractivity contribution >= 4 is 5.97 Å².